The predicted molar refractivity (Wildman–Crippen MR) is 39.6 cm³/mol. The van der Waals surface area contributed by atoms with Crippen LogP contribution in [0, 0.1) is 0 Å². The fourth-order valence-electron chi connectivity index (χ4n) is 1.14. The zero-order chi connectivity index (χ0) is 8.27. The van der Waals surface area contributed by atoms with Gasteiger partial charge in [-0.05, 0) is 6.42 Å². The van der Waals surface area contributed by atoms with Gasteiger partial charge in [0.25, 0.3) is 0 Å². The van der Waals surface area contributed by atoms with Crippen molar-refractivity contribution in [3.8, 4) is 0 Å². The average molecular weight is 159 g/mol. The molecule has 0 aliphatic carbocycles. The van der Waals surface area contributed by atoms with Crippen molar-refractivity contribution in [2.45, 2.75) is 19.4 Å². The molecule has 0 saturated carbocycles. The van der Waals surface area contributed by atoms with Gasteiger partial charge >= 0.3 is 6.09 Å². The van der Waals surface area contributed by atoms with E-state index in [1.165, 1.54) is 4.90 Å². The van der Waals surface area contributed by atoms with Gasteiger partial charge in [-0.25, -0.2) is 4.79 Å². The average Bonchev–Trinajstić information content (AvgIpc) is 2.05. The molecule has 0 radical (unpaired) electrons. The minimum absolute atomic E-state index is 0.0971. The van der Waals surface area contributed by atoms with Gasteiger partial charge < -0.3 is 14.7 Å². The summed E-state index contributed by atoms with van der Waals surface area (Å²) in [6, 6.07) is 0. The molecule has 1 fully saturated rings. The van der Waals surface area contributed by atoms with Crippen LogP contribution in [-0.4, -0.2) is 41.9 Å². The lowest BCUT2D eigenvalue weighted by atomic mass is 10.2. The molecule has 1 rings (SSSR count). The molecule has 1 heterocycles. The van der Waals surface area contributed by atoms with Gasteiger partial charge in [-0.2, -0.15) is 0 Å². The monoisotopic (exact) mass is 159 g/mol. The molecule has 1 N–H and O–H groups in total. The van der Waals surface area contributed by atoms with Gasteiger partial charge in [0.15, 0.2) is 0 Å². The summed E-state index contributed by atoms with van der Waals surface area (Å²) in [6.07, 6.45) is 0.135. The van der Waals surface area contributed by atoms with E-state index in [9.17, 15) is 4.79 Å². The maximum absolute atomic E-state index is 10.5. The molecule has 1 unspecified atom stereocenters. The highest BCUT2D eigenvalue weighted by molar-refractivity contribution is 5.65. The first-order chi connectivity index (χ1) is 5.24. The van der Waals surface area contributed by atoms with E-state index < -0.39 is 6.09 Å². The fraction of sp³-hybridized carbons (Fsp3) is 0.857. The third-order valence-electron chi connectivity index (χ3n) is 1.86. The van der Waals surface area contributed by atoms with Crippen molar-refractivity contribution in [2.24, 2.45) is 0 Å². The lowest BCUT2D eigenvalue weighted by molar-refractivity contribution is -0.0229. The largest absolute Gasteiger partial charge is 0.465 e. The summed E-state index contributed by atoms with van der Waals surface area (Å²) in [5.41, 5.74) is 0. The lowest BCUT2D eigenvalue weighted by Gasteiger charge is -2.30. The molecule has 1 saturated heterocycles. The van der Waals surface area contributed by atoms with Gasteiger partial charge in [0.05, 0.1) is 19.3 Å². The summed E-state index contributed by atoms with van der Waals surface area (Å²) in [7, 11) is 0. The van der Waals surface area contributed by atoms with Crippen LogP contribution in [0.4, 0.5) is 4.79 Å². The second kappa shape index (κ2) is 3.57. The van der Waals surface area contributed by atoms with Crippen molar-refractivity contribution in [1.29, 1.82) is 0 Å². The van der Waals surface area contributed by atoms with Gasteiger partial charge in [0.1, 0.15) is 0 Å². The molecule has 0 aromatic heterocycles. The quantitative estimate of drug-likeness (QED) is 0.615. The Labute approximate surface area is 65.8 Å². The van der Waals surface area contributed by atoms with E-state index in [0.29, 0.717) is 19.7 Å². The van der Waals surface area contributed by atoms with Crippen LogP contribution in [0.2, 0.25) is 0 Å². The molecule has 0 aromatic rings. The summed E-state index contributed by atoms with van der Waals surface area (Å²) in [5.74, 6) is 0. The third-order valence-corrected chi connectivity index (χ3v) is 1.86. The Morgan fingerprint density at radius 3 is 3.09 bits per heavy atom. The summed E-state index contributed by atoms with van der Waals surface area (Å²) in [5, 5.41) is 8.62. The van der Waals surface area contributed by atoms with Crippen LogP contribution in [0.25, 0.3) is 0 Å². The maximum Gasteiger partial charge on any atom is 0.407 e. The van der Waals surface area contributed by atoms with E-state index in [2.05, 4.69) is 0 Å². The van der Waals surface area contributed by atoms with Gasteiger partial charge in [0, 0.05) is 6.54 Å². The highest BCUT2D eigenvalue weighted by Crippen LogP contribution is 2.07. The number of nitrogens with zero attached hydrogens (tertiary/aromatic N) is 1. The van der Waals surface area contributed by atoms with Crippen molar-refractivity contribution >= 4 is 6.09 Å². The fourth-order valence-corrected chi connectivity index (χ4v) is 1.14. The summed E-state index contributed by atoms with van der Waals surface area (Å²) in [4.78, 5) is 11.9. The van der Waals surface area contributed by atoms with Crippen molar-refractivity contribution in [2.75, 3.05) is 19.7 Å². The van der Waals surface area contributed by atoms with E-state index in [1.54, 1.807) is 0 Å². The maximum atomic E-state index is 10.5. The molecular weight excluding hydrogens is 146 g/mol. The number of amides is 1. The Balaban J connectivity index is 2.39. The van der Waals surface area contributed by atoms with Gasteiger partial charge in [-0.15, -0.1) is 0 Å². The zero-order valence-corrected chi connectivity index (χ0v) is 6.62. The predicted octanol–water partition coefficient (Wildman–Crippen LogP) is 0.775. The zero-order valence-electron chi connectivity index (χ0n) is 6.62. The number of rotatable bonds is 1. The molecule has 0 aromatic carbocycles. The number of morpholine rings is 1. The molecule has 1 aliphatic rings. The molecule has 64 valence electrons. The standard InChI is InChI=1S/C7H13NO3/c1-2-6-5-8(7(9)10)3-4-11-6/h6H,2-5H2,1H3,(H,9,10). The van der Waals surface area contributed by atoms with Crippen molar-refractivity contribution in [3.63, 3.8) is 0 Å². The van der Waals surface area contributed by atoms with Gasteiger partial charge in [0.2, 0.25) is 0 Å². The number of ether oxygens (including phenoxy) is 1. The second-order valence-electron chi connectivity index (χ2n) is 2.63. The first-order valence-electron chi connectivity index (χ1n) is 3.83. The molecule has 1 atom stereocenters. The molecule has 1 aliphatic heterocycles. The topological polar surface area (TPSA) is 49.8 Å². The Morgan fingerprint density at radius 1 is 1.82 bits per heavy atom. The number of carbonyl (C=O) groups is 1. The lowest BCUT2D eigenvalue weighted by Crippen LogP contribution is -2.44. The summed E-state index contributed by atoms with van der Waals surface area (Å²) < 4.78 is 5.30. The van der Waals surface area contributed by atoms with E-state index in [1.807, 2.05) is 6.92 Å². The minimum atomic E-state index is -0.841. The molecule has 11 heavy (non-hydrogen) atoms. The Kier molecular flexibility index (Phi) is 2.70. The van der Waals surface area contributed by atoms with Crippen LogP contribution in [0.3, 0.4) is 0 Å². The third kappa shape index (κ3) is 2.08. The first-order valence-corrected chi connectivity index (χ1v) is 3.83. The molecule has 1 amide bonds. The Hall–Kier alpha value is -0.770. The summed E-state index contributed by atoms with van der Waals surface area (Å²) >= 11 is 0. The van der Waals surface area contributed by atoms with Crippen LogP contribution in [0.5, 0.6) is 0 Å². The van der Waals surface area contributed by atoms with Crippen molar-refractivity contribution < 1.29 is 14.6 Å². The highest BCUT2D eigenvalue weighted by Gasteiger charge is 2.21. The highest BCUT2D eigenvalue weighted by atomic mass is 16.5. The van der Waals surface area contributed by atoms with Crippen LogP contribution in [-0.2, 0) is 4.74 Å². The molecule has 0 spiro atoms. The van der Waals surface area contributed by atoms with Crippen LogP contribution in [0.1, 0.15) is 13.3 Å². The van der Waals surface area contributed by atoms with Gasteiger partial charge in [-0.1, -0.05) is 6.92 Å². The Bertz CT molecular complexity index is 149. The minimum Gasteiger partial charge on any atom is -0.465 e. The number of hydrogen-bond donors (Lipinski definition) is 1. The molecule has 4 heteroatoms. The van der Waals surface area contributed by atoms with Gasteiger partial charge in [-0.3, -0.25) is 0 Å². The van der Waals surface area contributed by atoms with E-state index in [0.717, 1.165) is 6.42 Å². The van der Waals surface area contributed by atoms with E-state index in [4.69, 9.17) is 9.84 Å². The van der Waals surface area contributed by atoms with E-state index in [-0.39, 0.29) is 6.10 Å². The molecule has 0 bridgehead atoms. The van der Waals surface area contributed by atoms with Crippen molar-refractivity contribution in [1.82, 2.24) is 4.90 Å². The molecular formula is C7H13NO3. The van der Waals surface area contributed by atoms with Crippen LogP contribution in [0.15, 0.2) is 0 Å². The van der Waals surface area contributed by atoms with Crippen LogP contribution < -0.4 is 0 Å². The van der Waals surface area contributed by atoms with Crippen LogP contribution >= 0.6 is 0 Å². The SMILES string of the molecule is CCC1CN(C(=O)O)CCO1. The molecule has 4 nitrogen and oxygen atoms in total. The van der Waals surface area contributed by atoms with Crippen molar-refractivity contribution in [3.05, 3.63) is 0 Å². The van der Waals surface area contributed by atoms with E-state index >= 15 is 0 Å². The Morgan fingerprint density at radius 2 is 2.55 bits per heavy atom. The number of carboxylic acid groups (broad SMARTS) is 1. The first kappa shape index (κ1) is 8.33. The summed E-state index contributed by atoms with van der Waals surface area (Å²) in [6.45, 7) is 3.55. The second-order valence-corrected chi connectivity index (χ2v) is 2.63. The smallest absolute Gasteiger partial charge is 0.407 e. The normalized spacial score (nSPS) is 25.2. The number of hydrogen-bond acceptors (Lipinski definition) is 2.